The number of carbonyl (C=O) groups is 3. The molecule has 0 spiro atoms. The molecule has 2 aromatic carbocycles. The van der Waals surface area contributed by atoms with Crippen molar-refractivity contribution < 1.29 is 23.9 Å². The Bertz CT molecular complexity index is 795. The van der Waals surface area contributed by atoms with Crippen LogP contribution in [0.2, 0.25) is 0 Å². The molecular formula is C22H26N2O5. The second-order valence-corrected chi connectivity index (χ2v) is 6.43. The van der Waals surface area contributed by atoms with Crippen LogP contribution >= 0.6 is 0 Å². The first-order valence-electron chi connectivity index (χ1n) is 9.47. The van der Waals surface area contributed by atoms with Gasteiger partial charge in [0.25, 0.3) is 0 Å². The molecule has 0 heterocycles. The molecule has 2 atom stereocenters. The number of nitrogens with one attached hydrogen (secondary N) is 2. The Hall–Kier alpha value is -3.35. The number of hydrogen-bond acceptors (Lipinski definition) is 5. The van der Waals surface area contributed by atoms with E-state index in [0.29, 0.717) is 0 Å². The Morgan fingerprint density at radius 1 is 0.862 bits per heavy atom. The molecule has 2 aromatic rings. The molecule has 0 aliphatic carbocycles. The normalized spacial score (nSPS) is 12.3. The number of amides is 2. The van der Waals surface area contributed by atoms with E-state index in [9.17, 15) is 14.4 Å². The quantitative estimate of drug-likeness (QED) is 0.633. The summed E-state index contributed by atoms with van der Waals surface area (Å²) in [6.07, 6.45) is -0.427. The topological polar surface area (TPSA) is 93.7 Å². The van der Waals surface area contributed by atoms with Gasteiger partial charge in [-0.15, -0.1) is 0 Å². The Kier molecular flexibility index (Phi) is 8.69. The van der Waals surface area contributed by atoms with Gasteiger partial charge in [0.05, 0.1) is 6.61 Å². The Morgan fingerprint density at radius 3 is 2.03 bits per heavy atom. The van der Waals surface area contributed by atoms with Crippen LogP contribution < -0.4 is 10.6 Å². The first-order chi connectivity index (χ1) is 14.0. The summed E-state index contributed by atoms with van der Waals surface area (Å²) in [5.74, 6) is -1.03. The van der Waals surface area contributed by atoms with Crippen molar-refractivity contribution >= 4 is 18.0 Å². The summed E-state index contributed by atoms with van der Waals surface area (Å²) in [4.78, 5) is 36.7. The first kappa shape index (κ1) is 21.9. The van der Waals surface area contributed by atoms with Crippen LogP contribution in [0.1, 0.15) is 25.0 Å². The third-order valence-corrected chi connectivity index (χ3v) is 4.11. The maximum Gasteiger partial charge on any atom is 0.408 e. The van der Waals surface area contributed by atoms with Crippen molar-refractivity contribution in [2.24, 2.45) is 0 Å². The summed E-state index contributed by atoms with van der Waals surface area (Å²) in [6.45, 7) is 3.52. The van der Waals surface area contributed by atoms with E-state index < -0.39 is 30.1 Å². The molecule has 0 aliphatic heterocycles. The van der Waals surface area contributed by atoms with Gasteiger partial charge < -0.3 is 20.1 Å². The number of alkyl carbamates (subject to hydrolysis) is 1. The highest BCUT2D eigenvalue weighted by Crippen LogP contribution is 2.06. The summed E-state index contributed by atoms with van der Waals surface area (Å²) in [5, 5.41) is 5.11. The van der Waals surface area contributed by atoms with Crippen molar-refractivity contribution in [2.75, 3.05) is 6.61 Å². The molecule has 0 bridgehead atoms. The van der Waals surface area contributed by atoms with E-state index in [-0.39, 0.29) is 19.6 Å². The summed E-state index contributed by atoms with van der Waals surface area (Å²) < 4.78 is 10.2. The monoisotopic (exact) mass is 398 g/mol. The highest BCUT2D eigenvalue weighted by atomic mass is 16.5. The minimum Gasteiger partial charge on any atom is -0.464 e. The average molecular weight is 398 g/mol. The Balaban J connectivity index is 1.89. The molecule has 7 heteroatoms. The van der Waals surface area contributed by atoms with Crippen molar-refractivity contribution in [3.05, 3.63) is 71.8 Å². The number of esters is 1. The third-order valence-electron chi connectivity index (χ3n) is 4.11. The van der Waals surface area contributed by atoms with Crippen molar-refractivity contribution in [3.63, 3.8) is 0 Å². The van der Waals surface area contributed by atoms with E-state index in [1.54, 1.807) is 6.92 Å². The lowest BCUT2D eigenvalue weighted by Crippen LogP contribution is -2.51. The molecule has 2 N–H and O–H groups in total. The van der Waals surface area contributed by atoms with Crippen molar-refractivity contribution in [2.45, 2.75) is 39.0 Å². The molecule has 29 heavy (non-hydrogen) atoms. The van der Waals surface area contributed by atoms with Gasteiger partial charge >= 0.3 is 12.1 Å². The van der Waals surface area contributed by atoms with Crippen LogP contribution in [0.4, 0.5) is 4.79 Å². The number of hydrogen-bond donors (Lipinski definition) is 2. The summed E-state index contributed by atoms with van der Waals surface area (Å²) >= 11 is 0. The number of ether oxygens (including phenoxy) is 2. The lowest BCUT2D eigenvalue weighted by Gasteiger charge is -2.20. The molecule has 0 saturated carbocycles. The zero-order chi connectivity index (χ0) is 21.1. The van der Waals surface area contributed by atoms with E-state index in [2.05, 4.69) is 10.6 Å². The summed E-state index contributed by atoms with van der Waals surface area (Å²) in [6, 6.07) is 16.8. The second-order valence-electron chi connectivity index (χ2n) is 6.43. The molecule has 154 valence electrons. The highest BCUT2D eigenvalue weighted by Gasteiger charge is 2.25. The SMILES string of the molecule is CCOC(=O)[C@H](Cc1ccccc1)NC(=O)[C@H](C)NC(=O)OCc1ccccc1. The second kappa shape index (κ2) is 11.5. The molecule has 0 saturated heterocycles. The van der Waals surface area contributed by atoms with Crippen LogP contribution in [0.25, 0.3) is 0 Å². The van der Waals surface area contributed by atoms with Gasteiger partial charge in [-0.05, 0) is 25.0 Å². The minimum atomic E-state index is -0.883. The van der Waals surface area contributed by atoms with Gasteiger partial charge in [0.15, 0.2) is 0 Å². The van der Waals surface area contributed by atoms with Crippen LogP contribution in [0.15, 0.2) is 60.7 Å². The average Bonchev–Trinajstić information content (AvgIpc) is 2.73. The van der Waals surface area contributed by atoms with Gasteiger partial charge in [0.2, 0.25) is 5.91 Å². The molecule has 2 amide bonds. The van der Waals surface area contributed by atoms with Gasteiger partial charge in [-0.25, -0.2) is 9.59 Å². The Labute approximate surface area is 170 Å². The van der Waals surface area contributed by atoms with Crippen LogP contribution in [0.3, 0.4) is 0 Å². The summed E-state index contributed by atoms with van der Waals surface area (Å²) in [7, 11) is 0. The van der Waals surface area contributed by atoms with E-state index in [1.165, 1.54) is 6.92 Å². The van der Waals surface area contributed by atoms with Crippen LogP contribution in [-0.2, 0) is 32.1 Å². The fourth-order valence-electron chi connectivity index (χ4n) is 2.59. The van der Waals surface area contributed by atoms with Crippen LogP contribution in [0, 0.1) is 0 Å². The van der Waals surface area contributed by atoms with E-state index in [4.69, 9.17) is 9.47 Å². The maximum absolute atomic E-state index is 12.5. The maximum atomic E-state index is 12.5. The number of carbonyl (C=O) groups excluding carboxylic acids is 3. The highest BCUT2D eigenvalue weighted by molar-refractivity contribution is 5.89. The zero-order valence-corrected chi connectivity index (χ0v) is 16.6. The minimum absolute atomic E-state index is 0.0977. The van der Waals surface area contributed by atoms with E-state index in [0.717, 1.165) is 11.1 Å². The fourth-order valence-corrected chi connectivity index (χ4v) is 2.59. The molecular weight excluding hydrogens is 372 g/mol. The number of benzene rings is 2. The smallest absolute Gasteiger partial charge is 0.408 e. The van der Waals surface area contributed by atoms with Gasteiger partial charge in [0, 0.05) is 6.42 Å². The molecule has 0 unspecified atom stereocenters. The lowest BCUT2D eigenvalue weighted by molar-refractivity contribution is -0.147. The van der Waals surface area contributed by atoms with Gasteiger partial charge in [0.1, 0.15) is 18.7 Å². The molecule has 0 fully saturated rings. The van der Waals surface area contributed by atoms with Crippen molar-refractivity contribution in [3.8, 4) is 0 Å². The van der Waals surface area contributed by atoms with Crippen molar-refractivity contribution in [1.29, 1.82) is 0 Å². The third kappa shape index (κ3) is 7.65. The molecule has 0 aliphatic rings. The molecule has 0 aromatic heterocycles. The fraction of sp³-hybridized carbons (Fsp3) is 0.318. The predicted molar refractivity (Wildman–Crippen MR) is 108 cm³/mol. The molecule has 0 radical (unpaired) electrons. The van der Waals surface area contributed by atoms with E-state index in [1.807, 2.05) is 60.7 Å². The largest absolute Gasteiger partial charge is 0.464 e. The molecule has 7 nitrogen and oxygen atoms in total. The van der Waals surface area contributed by atoms with Gasteiger partial charge in [-0.1, -0.05) is 60.7 Å². The summed E-state index contributed by atoms with van der Waals surface area (Å²) in [5.41, 5.74) is 1.72. The van der Waals surface area contributed by atoms with E-state index >= 15 is 0 Å². The van der Waals surface area contributed by atoms with Crippen LogP contribution in [0.5, 0.6) is 0 Å². The first-order valence-corrected chi connectivity index (χ1v) is 9.47. The molecule has 2 rings (SSSR count). The number of rotatable bonds is 9. The lowest BCUT2D eigenvalue weighted by atomic mass is 10.1. The zero-order valence-electron chi connectivity index (χ0n) is 16.6. The Morgan fingerprint density at radius 2 is 1.45 bits per heavy atom. The van der Waals surface area contributed by atoms with Gasteiger partial charge in [-0.3, -0.25) is 4.79 Å². The van der Waals surface area contributed by atoms with Crippen LogP contribution in [-0.4, -0.2) is 36.7 Å². The predicted octanol–water partition coefficient (Wildman–Crippen LogP) is 2.59. The van der Waals surface area contributed by atoms with Crippen molar-refractivity contribution in [1.82, 2.24) is 10.6 Å². The standard InChI is InChI=1S/C22H26N2O5/c1-3-28-21(26)19(14-17-10-6-4-7-11-17)24-20(25)16(2)23-22(27)29-15-18-12-8-5-9-13-18/h4-13,16,19H,3,14-15H2,1-2H3,(H,23,27)(H,24,25)/t16-,19-/m0/s1. The van der Waals surface area contributed by atoms with Gasteiger partial charge in [-0.2, -0.15) is 0 Å².